The Morgan fingerprint density at radius 2 is 0.794 bits per heavy atom. The van der Waals surface area contributed by atoms with Gasteiger partial charge in [0.05, 0.1) is 13.2 Å². The summed E-state index contributed by atoms with van der Waals surface area (Å²) in [5.74, 6) is 0. The second-order valence-electron chi connectivity index (χ2n) is 9.89. The molecule has 6 heteroatoms. The van der Waals surface area contributed by atoms with Gasteiger partial charge in [0.1, 0.15) is 0 Å². The summed E-state index contributed by atoms with van der Waals surface area (Å²) in [6.07, 6.45) is 26.4. The van der Waals surface area contributed by atoms with Crippen LogP contribution in [0.25, 0.3) is 0 Å². The van der Waals surface area contributed by atoms with Gasteiger partial charge in [0.25, 0.3) is 0 Å². The summed E-state index contributed by atoms with van der Waals surface area (Å²) >= 11 is 0. The van der Waals surface area contributed by atoms with Gasteiger partial charge in [-0.1, -0.05) is 142 Å². The zero-order valence-corrected chi connectivity index (χ0v) is 24.0. The molecule has 1 N–H and O–H groups in total. The van der Waals surface area contributed by atoms with Crippen molar-refractivity contribution >= 4 is 7.82 Å². The van der Waals surface area contributed by atoms with Crippen molar-refractivity contribution in [3.8, 4) is 0 Å². The van der Waals surface area contributed by atoms with Crippen LogP contribution in [0.5, 0.6) is 0 Å². The fourth-order valence-electron chi connectivity index (χ4n) is 4.17. The molecule has 0 amide bonds. The van der Waals surface area contributed by atoms with Gasteiger partial charge in [0.15, 0.2) is 6.29 Å². The van der Waals surface area contributed by atoms with E-state index in [0.717, 1.165) is 25.7 Å². The maximum Gasteiger partial charge on any atom is 0.477 e. The van der Waals surface area contributed by atoms with Gasteiger partial charge >= 0.3 is 7.82 Å². The molecule has 0 aromatic heterocycles. The Hall–Kier alpha value is 0.0700. The number of aliphatic hydroxyl groups is 1. The highest BCUT2D eigenvalue weighted by Gasteiger charge is 2.28. The van der Waals surface area contributed by atoms with Crippen LogP contribution in [-0.2, 0) is 18.1 Å². The third-order valence-electron chi connectivity index (χ3n) is 6.28. The highest BCUT2D eigenvalue weighted by atomic mass is 31.2. The molecule has 0 aliphatic rings. The molecule has 0 fully saturated rings. The van der Waals surface area contributed by atoms with E-state index < -0.39 is 14.1 Å². The third kappa shape index (κ3) is 25.2. The summed E-state index contributed by atoms with van der Waals surface area (Å²) in [5.41, 5.74) is 0. The Labute approximate surface area is 212 Å². The maximum absolute atomic E-state index is 12.8. The topological polar surface area (TPSA) is 65.0 Å². The lowest BCUT2D eigenvalue weighted by Crippen LogP contribution is -2.10. The third-order valence-corrected chi connectivity index (χ3v) is 7.84. The summed E-state index contributed by atoms with van der Waals surface area (Å²) in [7, 11) is -3.69. The first kappa shape index (κ1) is 34.1. The van der Waals surface area contributed by atoms with E-state index in [1.807, 2.05) is 0 Å². The zero-order valence-electron chi connectivity index (χ0n) is 23.1. The minimum absolute atomic E-state index is 0.346. The highest BCUT2D eigenvalue weighted by Crippen LogP contribution is 2.50. The van der Waals surface area contributed by atoms with Crippen LogP contribution >= 0.6 is 7.82 Å². The fraction of sp³-hybridized carbons (Fsp3) is 1.00. The molecular weight excluding hydrogens is 447 g/mol. The van der Waals surface area contributed by atoms with E-state index in [9.17, 15) is 9.67 Å². The Morgan fingerprint density at radius 1 is 0.529 bits per heavy atom. The summed E-state index contributed by atoms with van der Waals surface area (Å²) in [6, 6.07) is 0. The van der Waals surface area contributed by atoms with Crippen molar-refractivity contribution in [2.75, 3.05) is 13.2 Å². The molecule has 0 bridgehead atoms. The average molecular weight is 507 g/mol. The van der Waals surface area contributed by atoms with Gasteiger partial charge in [0.2, 0.25) is 0 Å². The molecule has 0 radical (unpaired) electrons. The van der Waals surface area contributed by atoms with Crippen LogP contribution in [0.3, 0.4) is 0 Å². The van der Waals surface area contributed by atoms with Crippen molar-refractivity contribution < 1.29 is 23.2 Å². The van der Waals surface area contributed by atoms with Crippen LogP contribution in [0.4, 0.5) is 0 Å². The number of rotatable bonds is 28. The largest absolute Gasteiger partial charge is 0.477 e. The number of hydrogen-bond donors (Lipinski definition) is 1. The van der Waals surface area contributed by atoms with Gasteiger partial charge in [-0.3, -0.25) is 13.6 Å². The highest BCUT2D eigenvalue weighted by molar-refractivity contribution is 7.48. The number of phosphoric ester groups is 1. The first-order valence-corrected chi connectivity index (χ1v) is 16.3. The molecule has 0 rings (SSSR count). The van der Waals surface area contributed by atoms with E-state index >= 15 is 0 Å². The quantitative estimate of drug-likeness (QED) is 0.0649. The smallest absolute Gasteiger partial charge is 0.368 e. The van der Waals surface area contributed by atoms with Crippen LogP contribution in [0.15, 0.2) is 0 Å². The number of aliphatic hydroxyl groups excluding tert-OH is 1. The van der Waals surface area contributed by atoms with Crippen molar-refractivity contribution in [1.29, 1.82) is 0 Å². The van der Waals surface area contributed by atoms with Crippen molar-refractivity contribution in [3.63, 3.8) is 0 Å². The molecule has 5 nitrogen and oxygen atoms in total. The van der Waals surface area contributed by atoms with Crippen molar-refractivity contribution in [3.05, 3.63) is 0 Å². The van der Waals surface area contributed by atoms with E-state index in [-0.39, 0.29) is 0 Å². The van der Waals surface area contributed by atoms with E-state index in [4.69, 9.17) is 13.6 Å². The molecule has 0 aliphatic carbocycles. The first-order valence-electron chi connectivity index (χ1n) is 14.8. The molecule has 0 aliphatic heterocycles. The Bertz CT molecular complexity index is 413. The summed E-state index contributed by atoms with van der Waals surface area (Å²) in [6.45, 7) is 6.64. The van der Waals surface area contributed by atoms with E-state index in [0.29, 0.717) is 13.2 Å². The van der Waals surface area contributed by atoms with Crippen LogP contribution in [-0.4, -0.2) is 24.6 Å². The van der Waals surface area contributed by atoms with Crippen molar-refractivity contribution in [2.24, 2.45) is 0 Å². The minimum atomic E-state index is -3.69. The van der Waals surface area contributed by atoms with Gasteiger partial charge in [-0.15, -0.1) is 0 Å². The monoisotopic (exact) mass is 506 g/mol. The molecule has 1 atom stereocenters. The van der Waals surface area contributed by atoms with Crippen LogP contribution in [0.1, 0.15) is 162 Å². The van der Waals surface area contributed by atoms with Crippen molar-refractivity contribution in [1.82, 2.24) is 0 Å². The fourth-order valence-corrected chi connectivity index (χ4v) is 5.45. The summed E-state index contributed by atoms with van der Waals surface area (Å²) < 4.78 is 28.8. The number of unbranched alkanes of at least 4 members (excludes halogenated alkanes) is 20. The van der Waals surface area contributed by atoms with Gasteiger partial charge in [-0.05, 0) is 19.8 Å². The van der Waals surface area contributed by atoms with Gasteiger partial charge < -0.3 is 5.11 Å². The SMILES string of the molecule is CCCCCCCCCCCCCOP(=O)(OCCCCCCCCCCCCC)OC(C)O. The van der Waals surface area contributed by atoms with E-state index in [1.54, 1.807) is 0 Å². The molecule has 0 spiro atoms. The average Bonchev–Trinajstić information content (AvgIpc) is 2.80. The second kappa shape index (κ2) is 26.1. The second-order valence-corrected chi connectivity index (χ2v) is 11.5. The summed E-state index contributed by atoms with van der Waals surface area (Å²) in [4.78, 5) is 0. The molecule has 34 heavy (non-hydrogen) atoms. The lowest BCUT2D eigenvalue weighted by atomic mass is 10.1. The molecule has 206 valence electrons. The van der Waals surface area contributed by atoms with Crippen molar-refractivity contribution in [2.45, 2.75) is 168 Å². The standard InChI is InChI=1S/C28H59O5P/c1-4-6-8-10-12-14-16-18-20-22-24-26-31-34(30,33-28(3)29)32-27-25-23-21-19-17-15-13-11-9-7-5-2/h28-29H,4-27H2,1-3H3. The molecule has 0 aromatic carbocycles. The van der Waals surface area contributed by atoms with E-state index in [2.05, 4.69) is 13.8 Å². The van der Waals surface area contributed by atoms with Gasteiger partial charge in [-0.25, -0.2) is 4.57 Å². The Morgan fingerprint density at radius 3 is 1.06 bits per heavy atom. The molecule has 0 aromatic rings. The molecule has 1 unspecified atom stereocenters. The summed E-state index contributed by atoms with van der Waals surface area (Å²) in [5, 5.41) is 9.52. The van der Waals surface area contributed by atoms with Gasteiger partial charge in [-0.2, -0.15) is 0 Å². The Kier molecular flexibility index (Phi) is 26.2. The number of phosphoric acid groups is 1. The van der Waals surface area contributed by atoms with Gasteiger partial charge in [0, 0.05) is 0 Å². The molecule has 0 saturated heterocycles. The number of hydrogen-bond acceptors (Lipinski definition) is 5. The molecule has 0 heterocycles. The van der Waals surface area contributed by atoms with Crippen LogP contribution < -0.4 is 0 Å². The Balaban J connectivity index is 3.70. The zero-order chi connectivity index (χ0) is 25.2. The predicted octanol–water partition coefficient (Wildman–Crippen LogP) is 10.1. The van der Waals surface area contributed by atoms with E-state index in [1.165, 1.54) is 122 Å². The lowest BCUT2D eigenvalue weighted by molar-refractivity contribution is -0.0352. The predicted molar refractivity (Wildman–Crippen MR) is 145 cm³/mol. The molecular formula is C28H59O5P. The lowest BCUT2D eigenvalue weighted by Gasteiger charge is -2.19. The maximum atomic E-state index is 12.8. The molecule has 0 saturated carbocycles. The first-order chi connectivity index (χ1) is 16.5. The van der Waals surface area contributed by atoms with Crippen LogP contribution in [0.2, 0.25) is 0 Å². The minimum Gasteiger partial charge on any atom is -0.368 e. The van der Waals surface area contributed by atoms with Crippen LogP contribution in [0, 0.1) is 0 Å². The normalized spacial score (nSPS) is 12.9.